The zero-order valence-electron chi connectivity index (χ0n) is 18.3. The first-order chi connectivity index (χ1) is 15.1. The SMILES string of the molecule is O=C(NCC1(c2ccccc2)CCCC1)C1CC12CCN(Cc1cccc(F)c1)CC2. The molecule has 0 aromatic heterocycles. The lowest BCUT2D eigenvalue weighted by Crippen LogP contribution is -2.41. The molecule has 164 valence electrons. The van der Waals surface area contributed by atoms with Crippen LogP contribution in [0.4, 0.5) is 4.39 Å². The van der Waals surface area contributed by atoms with Gasteiger partial charge in [0.2, 0.25) is 5.91 Å². The highest BCUT2D eigenvalue weighted by atomic mass is 19.1. The van der Waals surface area contributed by atoms with Crippen molar-refractivity contribution in [2.75, 3.05) is 19.6 Å². The highest BCUT2D eigenvalue weighted by molar-refractivity contribution is 5.82. The van der Waals surface area contributed by atoms with Gasteiger partial charge in [-0.2, -0.15) is 0 Å². The second-order valence-corrected chi connectivity index (χ2v) is 10.1. The maximum absolute atomic E-state index is 13.5. The summed E-state index contributed by atoms with van der Waals surface area (Å²) in [6.07, 6.45) is 8.02. The average Bonchev–Trinajstić information content (AvgIpc) is 3.27. The lowest BCUT2D eigenvalue weighted by Gasteiger charge is -2.33. The number of carbonyl (C=O) groups is 1. The van der Waals surface area contributed by atoms with Crippen LogP contribution < -0.4 is 5.32 Å². The quantitative estimate of drug-likeness (QED) is 0.709. The summed E-state index contributed by atoms with van der Waals surface area (Å²) in [6, 6.07) is 17.7. The molecule has 1 N–H and O–H groups in total. The molecule has 2 saturated carbocycles. The zero-order chi connectivity index (χ0) is 21.3. The summed E-state index contributed by atoms with van der Waals surface area (Å²) in [5, 5.41) is 3.36. The molecule has 1 heterocycles. The predicted molar refractivity (Wildman–Crippen MR) is 121 cm³/mol. The monoisotopic (exact) mass is 420 g/mol. The van der Waals surface area contributed by atoms with Crippen LogP contribution in [-0.2, 0) is 16.8 Å². The van der Waals surface area contributed by atoms with Gasteiger partial charge in [-0.15, -0.1) is 0 Å². The van der Waals surface area contributed by atoms with Gasteiger partial charge in [-0.05, 0) is 73.9 Å². The number of hydrogen-bond donors (Lipinski definition) is 1. The molecule has 3 nitrogen and oxygen atoms in total. The van der Waals surface area contributed by atoms with Crippen LogP contribution in [0.1, 0.15) is 56.1 Å². The smallest absolute Gasteiger partial charge is 0.223 e. The second kappa shape index (κ2) is 8.38. The largest absolute Gasteiger partial charge is 0.355 e. The van der Waals surface area contributed by atoms with Crippen molar-refractivity contribution in [2.45, 2.75) is 56.9 Å². The topological polar surface area (TPSA) is 32.3 Å². The molecule has 2 aliphatic carbocycles. The molecule has 0 bridgehead atoms. The fourth-order valence-electron chi connectivity index (χ4n) is 6.11. The zero-order valence-corrected chi connectivity index (χ0v) is 18.3. The van der Waals surface area contributed by atoms with E-state index in [1.165, 1.54) is 37.3 Å². The minimum absolute atomic E-state index is 0.118. The number of hydrogen-bond acceptors (Lipinski definition) is 2. The highest BCUT2D eigenvalue weighted by Gasteiger charge is 2.58. The van der Waals surface area contributed by atoms with Crippen LogP contribution >= 0.6 is 0 Å². The van der Waals surface area contributed by atoms with Gasteiger partial charge in [-0.25, -0.2) is 4.39 Å². The summed E-state index contributed by atoms with van der Waals surface area (Å²) in [4.78, 5) is 15.5. The van der Waals surface area contributed by atoms with E-state index < -0.39 is 0 Å². The lowest BCUT2D eigenvalue weighted by molar-refractivity contribution is -0.123. The number of amides is 1. The summed E-state index contributed by atoms with van der Waals surface area (Å²) in [6.45, 7) is 3.56. The highest BCUT2D eigenvalue weighted by Crippen LogP contribution is 2.59. The number of benzene rings is 2. The fraction of sp³-hybridized carbons (Fsp3) is 0.519. The Morgan fingerprint density at radius 3 is 2.45 bits per heavy atom. The van der Waals surface area contributed by atoms with Gasteiger partial charge in [0.25, 0.3) is 0 Å². The minimum atomic E-state index is -0.166. The number of piperidine rings is 1. The number of likely N-dealkylation sites (tertiary alicyclic amines) is 1. The van der Waals surface area contributed by atoms with Gasteiger partial charge < -0.3 is 5.32 Å². The summed E-state index contributed by atoms with van der Waals surface area (Å²) in [5.41, 5.74) is 2.73. The van der Waals surface area contributed by atoms with E-state index in [1.807, 2.05) is 6.07 Å². The Morgan fingerprint density at radius 2 is 1.74 bits per heavy atom. The molecule has 4 heteroatoms. The maximum Gasteiger partial charge on any atom is 0.223 e. The van der Waals surface area contributed by atoms with Gasteiger partial charge in [0.1, 0.15) is 5.82 Å². The van der Waals surface area contributed by atoms with Crippen LogP contribution in [0, 0.1) is 17.2 Å². The van der Waals surface area contributed by atoms with Crippen molar-refractivity contribution in [3.63, 3.8) is 0 Å². The van der Waals surface area contributed by atoms with Gasteiger partial charge >= 0.3 is 0 Å². The lowest BCUT2D eigenvalue weighted by atomic mass is 9.78. The third kappa shape index (κ3) is 4.27. The number of rotatable bonds is 6. The molecule has 1 unspecified atom stereocenters. The Bertz CT molecular complexity index is 914. The predicted octanol–water partition coefficient (Wildman–Crippen LogP) is 5.06. The van der Waals surface area contributed by atoms with E-state index >= 15 is 0 Å². The molecule has 1 spiro atoms. The molecule has 0 radical (unpaired) electrons. The number of halogens is 1. The average molecular weight is 421 g/mol. The summed E-state index contributed by atoms with van der Waals surface area (Å²) in [7, 11) is 0. The molecule has 1 atom stereocenters. The van der Waals surface area contributed by atoms with Crippen molar-refractivity contribution >= 4 is 5.91 Å². The van der Waals surface area contributed by atoms with Crippen LogP contribution in [0.15, 0.2) is 54.6 Å². The number of nitrogens with zero attached hydrogens (tertiary/aromatic N) is 1. The van der Waals surface area contributed by atoms with Crippen molar-refractivity contribution in [1.82, 2.24) is 10.2 Å². The summed E-state index contributed by atoms with van der Waals surface area (Å²) >= 11 is 0. The molecule has 1 amide bonds. The van der Waals surface area contributed by atoms with Gasteiger partial charge in [-0.1, -0.05) is 55.3 Å². The molecule has 1 aliphatic heterocycles. The molecule has 3 aliphatic rings. The number of nitrogens with one attached hydrogen (secondary N) is 1. The van der Waals surface area contributed by atoms with E-state index in [1.54, 1.807) is 12.1 Å². The van der Waals surface area contributed by atoms with E-state index in [4.69, 9.17) is 0 Å². The first kappa shape index (κ1) is 20.7. The summed E-state index contributed by atoms with van der Waals surface area (Å²) < 4.78 is 13.5. The Balaban J connectivity index is 1.14. The van der Waals surface area contributed by atoms with Crippen LogP contribution in [0.5, 0.6) is 0 Å². The van der Waals surface area contributed by atoms with Gasteiger partial charge in [-0.3, -0.25) is 9.69 Å². The van der Waals surface area contributed by atoms with Crippen molar-refractivity contribution < 1.29 is 9.18 Å². The maximum atomic E-state index is 13.5. The first-order valence-corrected chi connectivity index (χ1v) is 11.9. The van der Waals surface area contributed by atoms with Gasteiger partial charge in [0.05, 0.1) is 0 Å². The van der Waals surface area contributed by atoms with Crippen molar-refractivity contribution in [1.29, 1.82) is 0 Å². The number of carbonyl (C=O) groups excluding carboxylic acids is 1. The molecule has 5 rings (SSSR count). The van der Waals surface area contributed by atoms with Crippen molar-refractivity contribution in [3.8, 4) is 0 Å². The summed E-state index contributed by atoms with van der Waals surface area (Å²) in [5.74, 6) is 0.277. The van der Waals surface area contributed by atoms with E-state index in [0.717, 1.165) is 51.0 Å². The minimum Gasteiger partial charge on any atom is -0.355 e. The van der Waals surface area contributed by atoms with Crippen molar-refractivity contribution in [2.24, 2.45) is 11.3 Å². The van der Waals surface area contributed by atoms with Crippen LogP contribution in [0.25, 0.3) is 0 Å². The van der Waals surface area contributed by atoms with E-state index in [9.17, 15) is 9.18 Å². The standard InChI is InChI=1S/C27H33FN2O/c28-23-10-6-7-21(17-23)19-30-15-13-26(14-16-30)18-24(26)25(31)29-20-27(11-4-5-12-27)22-8-2-1-3-9-22/h1-3,6-10,17,24H,4-5,11-16,18-20H2,(H,29,31). The third-order valence-corrected chi connectivity index (χ3v) is 8.20. The van der Waals surface area contributed by atoms with Crippen LogP contribution in [-0.4, -0.2) is 30.4 Å². The molecular weight excluding hydrogens is 387 g/mol. The van der Waals surface area contributed by atoms with E-state index in [2.05, 4.69) is 40.5 Å². The molecule has 3 fully saturated rings. The van der Waals surface area contributed by atoms with E-state index in [-0.39, 0.29) is 28.5 Å². The van der Waals surface area contributed by atoms with Crippen molar-refractivity contribution in [3.05, 3.63) is 71.5 Å². The van der Waals surface area contributed by atoms with Gasteiger partial charge in [0.15, 0.2) is 0 Å². The first-order valence-electron chi connectivity index (χ1n) is 11.9. The molecule has 31 heavy (non-hydrogen) atoms. The fourth-order valence-corrected chi connectivity index (χ4v) is 6.11. The second-order valence-electron chi connectivity index (χ2n) is 10.1. The van der Waals surface area contributed by atoms with Crippen LogP contribution in [0.2, 0.25) is 0 Å². The normalized spacial score (nSPS) is 24.2. The Labute approximate surface area is 185 Å². The molecular formula is C27H33FN2O. The third-order valence-electron chi connectivity index (χ3n) is 8.20. The Morgan fingerprint density at radius 1 is 1.00 bits per heavy atom. The Hall–Kier alpha value is -2.20. The van der Waals surface area contributed by atoms with E-state index in [0.29, 0.717) is 0 Å². The van der Waals surface area contributed by atoms with Crippen LogP contribution in [0.3, 0.4) is 0 Å². The Kier molecular flexibility index (Phi) is 5.60. The molecule has 1 saturated heterocycles. The van der Waals surface area contributed by atoms with Gasteiger partial charge in [0, 0.05) is 24.4 Å². The molecule has 2 aromatic carbocycles. The molecule has 2 aromatic rings.